The van der Waals surface area contributed by atoms with Crippen LogP contribution >= 0.6 is 23.2 Å². The highest BCUT2D eigenvalue weighted by Crippen LogP contribution is 2.35. The molecule has 3 N–H and O–H groups in total. The fourth-order valence-electron chi connectivity index (χ4n) is 4.37. The molecule has 0 saturated heterocycles. The fraction of sp³-hybridized carbons (Fsp3) is 0.222. The molecule has 0 saturated carbocycles. The van der Waals surface area contributed by atoms with Crippen molar-refractivity contribution in [3.05, 3.63) is 92.5 Å². The number of phenolic OH excluding ortho intramolecular Hbond substituents is 1. The number of halogens is 2. The topological polar surface area (TPSA) is 124 Å². The Kier molecular flexibility index (Phi) is 8.40. The lowest BCUT2D eigenvalue weighted by atomic mass is 9.95. The molecule has 2 atom stereocenters. The summed E-state index contributed by atoms with van der Waals surface area (Å²) < 4.78 is 11.8. The third kappa shape index (κ3) is 6.01. The smallest absolute Gasteiger partial charge is 0.326 e. The predicted molar refractivity (Wildman–Crippen MR) is 144 cm³/mol. The van der Waals surface area contributed by atoms with Gasteiger partial charge in [0.1, 0.15) is 11.8 Å². The quantitative estimate of drug-likeness (QED) is 0.391. The normalized spacial score (nSPS) is 14.3. The number of phenols is 1. The lowest BCUT2D eigenvalue weighted by molar-refractivity contribution is -0.139. The van der Waals surface area contributed by atoms with Crippen LogP contribution in [0.15, 0.2) is 59.5 Å². The Bertz CT molecular complexity index is 1460. The van der Waals surface area contributed by atoms with E-state index in [1.165, 1.54) is 18.4 Å². The molecule has 11 heteroatoms. The van der Waals surface area contributed by atoms with E-state index in [2.05, 4.69) is 5.32 Å². The van der Waals surface area contributed by atoms with Gasteiger partial charge >= 0.3 is 5.97 Å². The first kappa shape index (κ1) is 27.6. The minimum absolute atomic E-state index is 0.0114. The van der Waals surface area contributed by atoms with Crippen molar-refractivity contribution in [2.45, 2.75) is 30.3 Å². The number of hydrogen-bond donors (Lipinski definition) is 3. The van der Waals surface area contributed by atoms with Gasteiger partial charge in [0.15, 0.2) is 0 Å². The number of aliphatic carboxylic acids is 1. The lowest BCUT2D eigenvalue weighted by Gasteiger charge is -2.30. The maximum atomic E-state index is 13.2. The molecule has 0 bridgehead atoms. The van der Waals surface area contributed by atoms with Crippen molar-refractivity contribution in [3.8, 4) is 5.75 Å². The Labute approximate surface area is 231 Å². The van der Waals surface area contributed by atoms with Crippen LogP contribution in [-0.2, 0) is 35.0 Å². The molecule has 0 radical (unpaired) electrons. The van der Waals surface area contributed by atoms with Crippen LogP contribution in [0.1, 0.15) is 37.4 Å². The highest BCUT2D eigenvalue weighted by Gasteiger charge is 2.29. The Balaban J connectivity index is 1.54. The molecule has 8 nitrogen and oxygen atoms in total. The second kappa shape index (κ2) is 11.6. The number of nitrogens with one attached hydrogen (secondary N) is 1. The average molecular weight is 575 g/mol. The zero-order valence-electron chi connectivity index (χ0n) is 20.2. The summed E-state index contributed by atoms with van der Waals surface area (Å²) in [6, 6.07) is 13.1. The Hall–Kier alpha value is -3.40. The van der Waals surface area contributed by atoms with Gasteiger partial charge in [0.2, 0.25) is 0 Å². The van der Waals surface area contributed by atoms with Crippen LogP contribution in [0, 0.1) is 0 Å². The van der Waals surface area contributed by atoms with Crippen molar-refractivity contribution >= 4 is 51.8 Å². The number of amides is 2. The monoisotopic (exact) mass is 574 g/mol. The second-order valence-electron chi connectivity index (χ2n) is 8.88. The van der Waals surface area contributed by atoms with Crippen LogP contribution in [-0.4, -0.2) is 55.9 Å². The van der Waals surface area contributed by atoms with Crippen LogP contribution in [0.3, 0.4) is 0 Å². The van der Waals surface area contributed by atoms with E-state index in [-0.39, 0.29) is 40.2 Å². The zero-order chi connectivity index (χ0) is 27.6. The second-order valence-corrected chi connectivity index (χ2v) is 11.0. The van der Waals surface area contributed by atoms with Crippen LogP contribution in [0.25, 0.3) is 0 Å². The number of carbonyl (C=O) groups excluding carboxylic acids is 2. The highest BCUT2D eigenvalue weighted by atomic mass is 35.5. The summed E-state index contributed by atoms with van der Waals surface area (Å²) in [7, 11) is -1.24. The molecule has 0 aromatic heterocycles. The van der Waals surface area contributed by atoms with E-state index >= 15 is 0 Å². The minimum atomic E-state index is -1.28. The van der Waals surface area contributed by atoms with Gasteiger partial charge in [-0.15, -0.1) is 0 Å². The summed E-state index contributed by atoms with van der Waals surface area (Å²) in [6.45, 7) is 0.537. The molecule has 2 unspecified atom stereocenters. The molecule has 198 valence electrons. The van der Waals surface area contributed by atoms with Gasteiger partial charge in [-0.2, -0.15) is 0 Å². The molecule has 3 aromatic carbocycles. The summed E-state index contributed by atoms with van der Waals surface area (Å²) in [6.07, 6.45) is 1.86. The first-order valence-electron chi connectivity index (χ1n) is 11.6. The summed E-state index contributed by atoms with van der Waals surface area (Å²) >= 11 is 13.1. The Morgan fingerprint density at radius 1 is 1.11 bits per heavy atom. The van der Waals surface area contributed by atoms with Crippen LogP contribution in [0.4, 0.5) is 0 Å². The number of nitrogens with zero attached hydrogens (tertiary/aromatic N) is 1. The maximum absolute atomic E-state index is 13.2. The van der Waals surface area contributed by atoms with Gasteiger partial charge in [-0.25, -0.2) is 4.79 Å². The van der Waals surface area contributed by atoms with Crippen molar-refractivity contribution in [1.82, 2.24) is 10.2 Å². The van der Waals surface area contributed by atoms with Crippen molar-refractivity contribution in [3.63, 3.8) is 0 Å². The molecule has 2 amide bonds. The molecule has 0 spiro atoms. The predicted octanol–water partition coefficient (Wildman–Crippen LogP) is 4.06. The molecule has 1 aliphatic rings. The van der Waals surface area contributed by atoms with Gasteiger partial charge in [-0.3, -0.25) is 13.8 Å². The van der Waals surface area contributed by atoms with Crippen LogP contribution in [0.5, 0.6) is 5.75 Å². The number of aromatic hydroxyl groups is 1. The van der Waals surface area contributed by atoms with Gasteiger partial charge in [0.25, 0.3) is 11.8 Å². The summed E-state index contributed by atoms with van der Waals surface area (Å²) in [4.78, 5) is 40.2. The number of carboxylic acids is 1. The zero-order valence-corrected chi connectivity index (χ0v) is 22.6. The van der Waals surface area contributed by atoms with Gasteiger partial charge in [0.05, 0.1) is 15.6 Å². The largest absolute Gasteiger partial charge is 0.508 e. The van der Waals surface area contributed by atoms with Crippen molar-refractivity contribution in [2.24, 2.45) is 0 Å². The van der Waals surface area contributed by atoms with Crippen molar-refractivity contribution in [2.75, 3.05) is 12.8 Å². The fourth-order valence-corrected chi connectivity index (χ4v) is 5.72. The number of benzene rings is 3. The standard InChI is InChI=1S/C27H24Cl2N2O6S/c1-38(37)19-7-2-4-15(10-19)11-22(27(35)36)30-25(33)23-21(28)13-17-14-31(9-8-20(17)24(23)29)26(34)16-5-3-6-18(32)12-16/h2-7,10,12-13,22,32H,8-9,11,14H2,1H3,(H,30,33)(H,35,36). The van der Waals surface area contributed by atoms with E-state index in [1.807, 2.05) is 0 Å². The van der Waals surface area contributed by atoms with Gasteiger partial charge < -0.3 is 20.4 Å². The lowest BCUT2D eigenvalue weighted by Crippen LogP contribution is -2.42. The molecule has 1 aliphatic heterocycles. The van der Waals surface area contributed by atoms with Gasteiger partial charge in [-0.05, 0) is 59.5 Å². The molecule has 0 fully saturated rings. The first-order valence-corrected chi connectivity index (χ1v) is 13.9. The number of carboxylic acid groups (broad SMARTS) is 1. The van der Waals surface area contributed by atoms with E-state index in [4.69, 9.17) is 23.2 Å². The number of carbonyl (C=O) groups is 3. The third-order valence-corrected chi connectivity index (χ3v) is 7.92. The van der Waals surface area contributed by atoms with E-state index in [1.54, 1.807) is 47.4 Å². The molecule has 3 aromatic rings. The summed E-state index contributed by atoms with van der Waals surface area (Å²) in [5.74, 6) is -2.25. The van der Waals surface area contributed by atoms with Crippen molar-refractivity contribution in [1.29, 1.82) is 0 Å². The summed E-state index contributed by atoms with van der Waals surface area (Å²) in [5, 5.41) is 22.1. The Morgan fingerprint density at radius 3 is 2.53 bits per heavy atom. The highest BCUT2D eigenvalue weighted by molar-refractivity contribution is 7.84. The van der Waals surface area contributed by atoms with Gasteiger partial charge in [0, 0.05) is 47.0 Å². The number of fused-ring (bicyclic) bond motifs is 1. The average Bonchev–Trinajstić information content (AvgIpc) is 2.87. The van der Waals surface area contributed by atoms with E-state index in [9.17, 15) is 28.8 Å². The van der Waals surface area contributed by atoms with Crippen LogP contribution < -0.4 is 5.32 Å². The van der Waals surface area contributed by atoms with E-state index in [0.29, 0.717) is 40.1 Å². The molecular weight excluding hydrogens is 551 g/mol. The van der Waals surface area contributed by atoms with Crippen LogP contribution in [0.2, 0.25) is 10.0 Å². The van der Waals surface area contributed by atoms with Crippen molar-refractivity contribution < 1.29 is 28.8 Å². The first-order chi connectivity index (χ1) is 18.0. The molecular formula is C27H24Cl2N2O6S. The molecule has 0 aliphatic carbocycles. The SMILES string of the molecule is CS(=O)c1cccc(CC(NC(=O)c2c(Cl)cc3c(c2Cl)CCN(C(=O)c2cccc(O)c2)C3)C(=O)O)c1. The minimum Gasteiger partial charge on any atom is -0.508 e. The van der Waals surface area contributed by atoms with E-state index in [0.717, 1.165) is 0 Å². The van der Waals surface area contributed by atoms with E-state index < -0.39 is 28.7 Å². The number of hydrogen-bond acceptors (Lipinski definition) is 5. The Morgan fingerprint density at radius 2 is 1.84 bits per heavy atom. The molecule has 4 rings (SSSR count). The number of rotatable bonds is 7. The molecule has 38 heavy (non-hydrogen) atoms. The van der Waals surface area contributed by atoms with Gasteiger partial charge in [-0.1, -0.05) is 41.4 Å². The third-order valence-electron chi connectivity index (χ3n) is 6.29. The maximum Gasteiger partial charge on any atom is 0.326 e. The summed E-state index contributed by atoms with van der Waals surface area (Å²) in [5.41, 5.74) is 2.25. The molecule has 1 heterocycles.